The van der Waals surface area contributed by atoms with Crippen LogP contribution in [0.4, 0.5) is 0 Å². The second-order valence-electron chi connectivity index (χ2n) is 2.21. The van der Waals surface area contributed by atoms with E-state index >= 15 is 0 Å². The highest BCUT2D eigenvalue weighted by atomic mass is 16.5. The molecule has 0 bridgehead atoms. The molecule has 1 saturated heterocycles. The van der Waals surface area contributed by atoms with Crippen molar-refractivity contribution in [2.24, 2.45) is 0 Å². The Morgan fingerprint density at radius 1 is 1.50 bits per heavy atom. The molecule has 0 aliphatic carbocycles. The summed E-state index contributed by atoms with van der Waals surface area (Å²) in [4.78, 5) is 12.0. The molecular formula is C6H12N2O2. The highest BCUT2D eigenvalue weighted by Crippen LogP contribution is 1.92. The molecular weight excluding hydrogens is 132 g/mol. The second kappa shape index (κ2) is 4.24. The van der Waals surface area contributed by atoms with Crippen LogP contribution >= 0.6 is 0 Å². The van der Waals surface area contributed by atoms with E-state index in [0.717, 1.165) is 32.7 Å². The number of hydrogen-bond acceptors (Lipinski definition) is 3. The quantitative estimate of drug-likeness (QED) is 0.518. The van der Waals surface area contributed by atoms with Crippen LogP contribution in [0.1, 0.15) is 0 Å². The van der Waals surface area contributed by atoms with E-state index in [-0.39, 0.29) is 0 Å². The molecule has 58 valence electrons. The third-order valence-corrected chi connectivity index (χ3v) is 1.50. The van der Waals surface area contributed by atoms with Gasteiger partial charge in [-0.1, -0.05) is 0 Å². The number of nitrogens with zero attached hydrogens (tertiary/aromatic N) is 1. The SMILES string of the molecule is O=CNCN1CCOCC1. The smallest absolute Gasteiger partial charge is 0.208 e. The number of amides is 1. The van der Waals surface area contributed by atoms with E-state index in [0.29, 0.717) is 6.67 Å². The van der Waals surface area contributed by atoms with Crippen molar-refractivity contribution in [2.45, 2.75) is 0 Å². The summed E-state index contributed by atoms with van der Waals surface area (Å²) in [5.74, 6) is 0. The van der Waals surface area contributed by atoms with E-state index in [4.69, 9.17) is 4.74 Å². The van der Waals surface area contributed by atoms with Gasteiger partial charge in [-0.25, -0.2) is 0 Å². The number of carbonyl (C=O) groups is 1. The molecule has 1 rings (SSSR count). The molecule has 0 atom stereocenters. The first-order valence-corrected chi connectivity index (χ1v) is 3.40. The van der Waals surface area contributed by atoms with Crippen molar-refractivity contribution in [2.75, 3.05) is 33.0 Å². The van der Waals surface area contributed by atoms with Crippen LogP contribution in [-0.4, -0.2) is 44.3 Å². The van der Waals surface area contributed by atoms with Gasteiger partial charge in [-0.3, -0.25) is 9.69 Å². The van der Waals surface area contributed by atoms with Gasteiger partial charge in [0.2, 0.25) is 6.41 Å². The van der Waals surface area contributed by atoms with Crippen LogP contribution in [0.25, 0.3) is 0 Å². The van der Waals surface area contributed by atoms with Gasteiger partial charge in [-0.05, 0) is 0 Å². The number of morpholine rings is 1. The minimum atomic E-state index is 0.646. The van der Waals surface area contributed by atoms with Crippen molar-refractivity contribution in [3.05, 3.63) is 0 Å². The predicted octanol–water partition coefficient (Wildman–Crippen LogP) is -0.978. The fourth-order valence-electron chi connectivity index (χ4n) is 0.926. The zero-order chi connectivity index (χ0) is 7.23. The molecule has 1 fully saturated rings. The lowest BCUT2D eigenvalue weighted by Crippen LogP contribution is -2.41. The number of nitrogens with one attached hydrogen (secondary N) is 1. The molecule has 1 N–H and O–H groups in total. The third kappa shape index (κ3) is 2.33. The Morgan fingerprint density at radius 2 is 2.20 bits per heavy atom. The van der Waals surface area contributed by atoms with Crippen molar-refractivity contribution in [3.8, 4) is 0 Å². The predicted molar refractivity (Wildman–Crippen MR) is 36.5 cm³/mol. The number of rotatable bonds is 3. The van der Waals surface area contributed by atoms with Crippen molar-refractivity contribution in [1.29, 1.82) is 0 Å². The highest BCUT2D eigenvalue weighted by Gasteiger charge is 2.07. The van der Waals surface area contributed by atoms with E-state index in [1.54, 1.807) is 0 Å². The summed E-state index contributed by atoms with van der Waals surface area (Å²) in [5.41, 5.74) is 0. The molecule has 10 heavy (non-hydrogen) atoms. The van der Waals surface area contributed by atoms with Crippen LogP contribution in [0.3, 0.4) is 0 Å². The van der Waals surface area contributed by atoms with Gasteiger partial charge in [0.25, 0.3) is 0 Å². The maximum Gasteiger partial charge on any atom is 0.208 e. The summed E-state index contributed by atoms with van der Waals surface area (Å²) in [7, 11) is 0. The average Bonchev–Trinajstić information content (AvgIpc) is 2.03. The van der Waals surface area contributed by atoms with E-state index in [1.165, 1.54) is 0 Å². The van der Waals surface area contributed by atoms with Crippen LogP contribution in [0.15, 0.2) is 0 Å². The van der Waals surface area contributed by atoms with Gasteiger partial charge in [0, 0.05) is 13.1 Å². The summed E-state index contributed by atoms with van der Waals surface area (Å²) in [5, 5.41) is 2.61. The van der Waals surface area contributed by atoms with Crippen LogP contribution in [0, 0.1) is 0 Å². The number of carbonyl (C=O) groups excluding carboxylic acids is 1. The normalized spacial score (nSPS) is 20.4. The molecule has 1 amide bonds. The number of ether oxygens (including phenoxy) is 1. The summed E-state index contributed by atoms with van der Waals surface area (Å²) in [6, 6.07) is 0. The molecule has 0 radical (unpaired) electrons. The van der Waals surface area contributed by atoms with E-state index in [9.17, 15) is 4.79 Å². The molecule has 0 aromatic carbocycles. The van der Waals surface area contributed by atoms with Crippen molar-refractivity contribution in [3.63, 3.8) is 0 Å². The second-order valence-corrected chi connectivity index (χ2v) is 2.21. The van der Waals surface area contributed by atoms with Gasteiger partial charge < -0.3 is 10.1 Å². The molecule has 1 heterocycles. The van der Waals surface area contributed by atoms with Gasteiger partial charge in [0.05, 0.1) is 19.9 Å². The summed E-state index contributed by atoms with van der Waals surface area (Å²) < 4.78 is 5.12. The Morgan fingerprint density at radius 3 is 2.80 bits per heavy atom. The molecule has 1 aliphatic rings. The summed E-state index contributed by atoms with van der Waals surface area (Å²) >= 11 is 0. The molecule has 0 aromatic heterocycles. The van der Waals surface area contributed by atoms with E-state index < -0.39 is 0 Å². The monoisotopic (exact) mass is 144 g/mol. The van der Waals surface area contributed by atoms with Crippen LogP contribution < -0.4 is 5.32 Å². The lowest BCUT2D eigenvalue weighted by Gasteiger charge is -2.25. The van der Waals surface area contributed by atoms with E-state index in [1.807, 2.05) is 0 Å². The lowest BCUT2D eigenvalue weighted by molar-refractivity contribution is -0.110. The molecule has 0 unspecified atom stereocenters. The van der Waals surface area contributed by atoms with Gasteiger partial charge in [-0.15, -0.1) is 0 Å². The summed E-state index contributed by atoms with van der Waals surface area (Å²) in [6.45, 7) is 4.04. The van der Waals surface area contributed by atoms with E-state index in [2.05, 4.69) is 10.2 Å². The van der Waals surface area contributed by atoms with Gasteiger partial charge in [0.1, 0.15) is 0 Å². The molecule has 0 aromatic rings. The Kier molecular flexibility index (Phi) is 3.18. The van der Waals surface area contributed by atoms with Crippen LogP contribution in [0.2, 0.25) is 0 Å². The highest BCUT2D eigenvalue weighted by molar-refractivity contribution is 5.45. The standard InChI is InChI=1S/C6H12N2O2/c9-6-7-5-8-1-3-10-4-2-8/h6H,1-5H2,(H,7,9). The van der Waals surface area contributed by atoms with Crippen molar-refractivity contribution >= 4 is 6.41 Å². The molecule has 0 spiro atoms. The Labute approximate surface area is 60.1 Å². The van der Waals surface area contributed by atoms with Gasteiger partial charge in [0.15, 0.2) is 0 Å². The maximum absolute atomic E-state index is 9.88. The molecule has 4 nitrogen and oxygen atoms in total. The summed E-state index contributed by atoms with van der Waals surface area (Å²) in [6.07, 6.45) is 0.718. The minimum Gasteiger partial charge on any atom is -0.379 e. The van der Waals surface area contributed by atoms with Crippen molar-refractivity contribution < 1.29 is 9.53 Å². The zero-order valence-electron chi connectivity index (χ0n) is 5.88. The average molecular weight is 144 g/mol. The van der Waals surface area contributed by atoms with Gasteiger partial charge in [-0.2, -0.15) is 0 Å². The van der Waals surface area contributed by atoms with Gasteiger partial charge >= 0.3 is 0 Å². The zero-order valence-corrected chi connectivity index (χ0v) is 5.88. The minimum absolute atomic E-state index is 0.646. The van der Waals surface area contributed by atoms with Crippen LogP contribution in [-0.2, 0) is 9.53 Å². The fourth-order valence-corrected chi connectivity index (χ4v) is 0.926. The topological polar surface area (TPSA) is 41.6 Å². The first kappa shape index (κ1) is 7.50. The first-order valence-electron chi connectivity index (χ1n) is 3.40. The largest absolute Gasteiger partial charge is 0.379 e. The first-order chi connectivity index (χ1) is 4.93. The molecule has 0 saturated carbocycles. The lowest BCUT2D eigenvalue weighted by atomic mass is 10.4. The van der Waals surface area contributed by atoms with Crippen molar-refractivity contribution in [1.82, 2.24) is 10.2 Å². The fraction of sp³-hybridized carbons (Fsp3) is 0.833. The Bertz CT molecular complexity index is 102. The Balaban J connectivity index is 2.07. The molecule has 4 heteroatoms. The van der Waals surface area contributed by atoms with Crippen LogP contribution in [0.5, 0.6) is 0 Å². The molecule has 1 aliphatic heterocycles. The number of hydrogen-bond donors (Lipinski definition) is 1. The third-order valence-electron chi connectivity index (χ3n) is 1.50. The maximum atomic E-state index is 9.88. The Hall–Kier alpha value is -0.610.